The molecule has 0 radical (unpaired) electrons. The molecular formula is C58H110N4O14S2. The van der Waals surface area contributed by atoms with Gasteiger partial charge >= 0.3 is 29.8 Å². The first kappa shape index (κ1) is 73.7. The molecular weight excluding hydrogens is 1040 g/mol. The normalized spacial score (nSPS) is 14.9. The van der Waals surface area contributed by atoms with E-state index in [9.17, 15) is 44.4 Å². The van der Waals surface area contributed by atoms with Gasteiger partial charge in [-0.25, -0.2) is 0 Å². The Bertz CT molecular complexity index is 1440. The summed E-state index contributed by atoms with van der Waals surface area (Å²) in [4.78, 5) is 69.5. The molecule has 0 spiro atoms. The van der Waals surface area contributed by atoms with Gasteiger partial charge in [-0.15, -0.1) is 0 Å². The smallest absolute Gasteiger partial charge is 0.306 e. The van der Waals surface area contributed by atoms with Crippen molar-refractivity contribution in [1.82, 2.24) is 19.6 Å². The third kappa shape index (κ3) is 45.4. The Morgan fingerprint density at radius 2 is 0.756 bits per heavy atom. The lowest BCUT2D eigenvalue weighted by Crippen LogP contribution is -2.47. The van der Waals surface area contributed by atoms with E-state index >= 15 is 0 Å². The highest BCUT2D eigenvalue weighted by Crippen LogP contribution is 2.23. The highest BCUT2D eigenvalue weighted by molar-refractivity contribution is 8.76. The molecule has 1 saturated heterocycles. The number of carbonyl (C=O) groups excluding carboxylic acids is 5. The summed E-state index contributed by atoms with van der Waals surface area (Å²) in [7, 11) is 3.72. The first-order chi connectivity index (χ1) is 37.5. The van der Waals surface area contributed by atoms with Crippen LogP contribution in [0.5, 0.6) is 0 Å². The van der Waals surface area contributed by atoms with E-state index < -0.39 is 24.4 Å². The van der Waals surface area contributed by atoms with E-state index in [1.54, 1.807) is 0 Å². The number of hydrogen-bond donors (Lipinski definition) is 4. The van der Waals surface area contributed by atoms with Gasteiger partial charge in [-0.3, -0.25) is 43.6 Å². The van der Waals surface area contributed by atoms with Crippen molar-refractivity contribution >= 4 is 51.4 Å². The van der Waals surface area contributed by atoms with Gasteiger partial charge in [0.25, 0.3) is 0 Å². The lowest BCUT2D eigenvalue weighted by atomic mass is 10.1. The number of nitrogens with zero attached hydrogens (tertiary/aromatic N) is 4. The number of aliphatic hydroxyl groups excluding tert-OH is 4. The van der Waals surface area contributed by atoms with Crippen LogP contribution in [-0.4, -0.2) is 216 Å². The third-order valence-corrected chi connectivity index (χ3v) is 15.8. The quantitative estimate of drug-likeness (QED) is 0.0196. The summed E-state index contributed by atoms with van der Waals surface area (Å²) >= 11 is 0. The van der Waals surface area contributed by atoms with Crippen molar-refractivity contribution in [2.75, 3.05) is 110 Å². The van der Waals surface area contributed by atoms with Crippen LogP contribution < -0.4 is 0 Å². The standard InChI is InChI=1S/C58H110N4O14S2/c1-7-9-39-72-54(67)26-15-11-22-50(63)44-61(45-51(64)23-12-16-27-55(68)73-40-10-8-2)31-20-19-28-56(69)74-41-37-59-33-35-60(36-34-59)38-43-78-77-42-21-32-62(46-52(65)24-13-17-29-57(70)75-48(3)4)47-53(66)25-14-18-30-58(71)76-49(5)6/h48-53,63-66H,7-47H2,1-6H3. The molecule has 0 bridgehead atoms. The molecule has 0 amide bonds. The molecule has 4 N–H and O–H groups in total. The second-order valence-electron chi connectivity index (χ2n) is 21.7. The topological polar surface area (TPSA) is 225 Å². The van der Waals surface area contributed by atoms with Gasteiger partial charge in [-0.05, 0) is 124 Å². The molecule has 18 nitrogen and oxygen atoms in total. The van der Waals surface area contributed by atoms with E-state index in [1.165, 1.54) is 0 Å². The molecule has 20 heteroatoms. The Morgan fingerprint density at radius 1 is 0.423 bits per heavy atom. The number of unbranched alkanes of at least 4 members (excludes halogenated alkanes) is 7. The SMILES string of the molecule is CCCCOC(=O)CCCCC(O)CN(CCCCC(=O)OCCN1CCN(CCSSCCCN(CC(O)CCCCC(=O)OC(C)C)CC(O)CCCCC(=O)OC(C)C)CC1)CC(O)CCCCC(=O)OCCCC. The molecule has 0 aromatic heterocycles. The molecule has 1 heterocycles. The van der Waals surface area contributed by atoms with Crippen molar-refractivity contribution in [3.05, 3.63) is 0 Å². The van der Waals surface area contributed by atoms with Crippen LogP contribution in [-0.2, 0) is 47.7 Å². The maximum atomic E-state index is 12.7. The Morgan fingerprint density at radius 3 is 1.14 bits per heavy atom. The second kappa shape index (κ2) is 49.3. The van der Waals surface area contributed by atoms with Crippen LogP contribution in [0, 0.1) is 0 Å². The highest BCUT2D eigenvalue weighted by atomic mass is 33.1. The summed E-state index contributed by atoms with van der Waals surface area (Å²) in [6.45, 7) is 21.2. The fourth-order valence-electron chi connectivity index (χ4n) is 8.95. The minimum Gasteiger partial charge on any atom is -0.466 e. The molecule has 4 unspecified atom stereocenters. The zero-order valence-corrected chi connectivity index (χ0v) is 51.1. The molecule has 4 atom stereocenters. The fraction of sp³-hybridized carbons (Fsp3) is 0.914. The summed E-state index contributed by atoms with van der Waals surface area (Å²) in [6.07, 6.45) is 12.6. The van der Waals surface area contributed by atoms with E-state index in [1.807, 2.05) is 63.1 Å². The summed E-state index contributed by atoms with van der Waals surface area (Å²) in [5, 5.41) is 43.6. The van der Waals surface area contributed by atoms with Crippen LogP contribution in [0.2, 0.25) is 0 Å². The minimum atomic E-state index is -0.618. The van der Waals surface area contributed by atoms with Crippen molar-refractivity contribution in [3.8, 4) is 0 Å². The maximum absolute atomic E-state index is 12.7. The fourth-order valence-corrected chi connectivity index (χ4v) is 11.1. The van der Waals surface area contributed by atoms with Gasteiger partial charge in [0.05, 0.1) is 49.8 Å². The molecule has 78 heavy (non-hydrogen) atoms. The largest absolute Gasteiger partial charge is 0.466 e. The van der Waals surface area contributed by atoms with Gasteiger partial charge < -0.3 is 44.1 Å². The lowest BCUT2D eigenvalue weighted by molar-refractivity contribution is -0.148. The van der Waals surface area contributed by atoms with Gasteiger partial charge in [-0.1, -0.05) is 74.0 Å². The number of piperazine rings is 1. The van der Waals surface area contributed by atoms with E-state index in [-0.39, 0.29) is 42.1 Å². The average molecular weight is 1150 g/mol. The van der Waals surface area contributed by atoms with Crippen LogP contribution in [0.3, 0.4) is 0 Å². The minimum absolute atomic E-state index is 0.138. The van der Waals surface area contributed by atoms with Crippen LogP contribution in [0.25, 0.3) is 0 Å². The highest BCUT2D eigenvalue weighted by Gasteiger charge is 2.21. The van der Waals surface area contributed by atoms with Crippen molar-refractivity contribution < 1.29 is 68.1 Å². The molecule has 458 valence electrons. The number of rotatable bonds is 52. The second-order valence-corrected chi connectivity index (χ2v) is 24.4. The van der Waals surface area contributed by atoms with E-state index in [4.69, 9.17) is 23.7 Å². The number of esters is 5. The molecule has 0 aromatic carbocycles. The number of ether oxygens (including phenoxy) is 5. The average Bonchev–Trinajstić information content (AvgIpc) is 3.38. The number of aliphatic hydroxyl groups is 4. The first-order valence-corrected chi connectivity index (χ1v) is 32.7. The maximum Gasteiger partial charge on any atom is 0.306 e. The Hall–Kier alpha value is -2.27. The summed E-state index contributed by atoms with van der Waals surface area (Å²) < 4.78 is 26.6. The summed E-state index contributed by atoms with van der Waals surface area (Å²) in [5.74, 6) is 0.910. The zero-order valence-electron chi connectivity index (χ0n) is 49.4. The van der Waals surface area contributed by atoms with Crippen LogP contribution in [0.4, 0.5) is 0 Å². The predicted molar refractivity (Wildman–Crippen MR) is 312 cm³/mol. The van der Waals surface area contributed by atoms with Crippen LogP contribution in [0.1, 0.15) is 196 Å². The van der Waals surface area contributed by atoms with E-state index in [2.05, 4.69) is 19.6 Å². The molecule has 1 rings (SSSR count). The van der Waals surface area contributed by atoms with Crippen molar-refractivity contribution in [1.29, 1.82) is 0 Å². The predicted octanol–water partition coefficient (Wildman–Crippen LogP) is 7.97. The molecule has 1 fully saturated rings. The third-order valence-electron chi connectivity index (χ3n) is 13.3. The van der Waals surface area contributed by atoms with Crippen LogP contribution in [0.15, 0.2) is 0 Å². The van der Waals surface area contributed by atoms with Crippen molar-refractivity contribution in [2.24, 2.45) is 0 Å². The van der Waals surface area contributed by atoms with E-state index in [0.717, 1.165) is 95.7 Å². The number of carbonyl (C=O) groups is 5. The van der Waals surface area contributed by atoms with Crippen LogP contribution >= 0.6 is 21.6 Å². The summed E-state index contributed by atoms with van der Waals surface area (Å²) in [5.41, 5.74) is 0. The summed E-state index contributed by atoms with van der Waals surface area (Å²) in [6, 6.07) is 0. The Labute approximate surface area is 479 Å². The Balaban J connectivity index is 2.41. The van der Waals surface area contributed by atoms with Crippen molar-refractivity contribution in [3.63, 3.8) is 0 Å². The number of hydrogen-bond acceptors (Lipinski definition) is 20. The van der Waals surface area contributed by atoms with Gasteiger partial charge in [0.1, 0.15) is 6.61 Å². The Kier molecular flexibility index (Phi) is 46.7. The molecule has 0 aromatic rings. The van der Waals surface area contributed by atoms with Gasteiger partial charge in [0.15, 0.2) is 0 Å². The molecule has 1 aliphatic heterocycles. The van der Waals surface area contributed by atoms with Gasteiger partial charge in [0.2, 0.25) is 0 Å². The van der Waals surface area contributed by atoms with Crippen molar-refractivity contribution in [2.45, 2.75) is 232 Å². The lowest BCUT2D eigenvalue weighted by Gasteiger charge is -2.34. The molecule has 1 aliphatic rings. The molecule has 0 saturated carbocycles. The monoisotopic (exact) mass is 1150 g/mol. The molecule has 0 aliphatic carbocycles. The van der Waals surface area contributed by atoms with E-state index in [0.29, 0.717) is 168 Å². The first-order valence-electron chi connectivity index (χ1n) is 30.2. The zero-order chi connectivity index (χ0) is 57.6. The van der Waals surface area contributed by atoms with Gasteiger partial charge in [-0.2, -0.15) is 0 Å². The van der Waals surface area contributed by atoms with Gasteiger partial charge in [0, 0.05) is 109 Å².